The summed E-state index contributed by atoms with van der Waals surface area (Å²) in [6.07, 6.45) is 0.136. The van der Waals surface area contributed by atoms with Crippen molar-refractivity contribution in [2.75, 3.05) is 0 Å². The van der Waals surface area contributed by atoms with Crippen molar-refractivity contribution in [2.24, 2.45) is 0 Å². The van der Waals surface area contributed by atoms with E-state index < -0.39 is 11.2 Å². The fourth-order valence-electron chi connectivity index (χ4n) is 1.04. The summed E-state index contributed by atoms with van der Waals surface area (Å²) in [6, 6.07) is 3.14. The zero-order valence-corrected chi connectivity index (χ0v) is 10.5. The van der Waals surface area contributed by atoms with Gasteiger partial charge in [0, 0.05) is 5.02 Å². The molecule has 82 valence electrons. The fourth-order valence-corrected chi connectivity index (χ4v) is 1.92. The van der Waals surface area contributed by atoms with Crippen LogP contribution in [0, 0.1) is 0 Å². The van der Waals surface area contributed by atoms with Gasteiger partial charge in [0.1, 0.15) is 5.25 Å². The standard InChI is InChI=1S/C9H7Cl3O2S/c10-5-1-2-6(11)8(12)4(5)3-7(15)9(13)14/h1-2,7,15H,3H2,(H,13,14). The first-order valence-electron chi connectivity index (χ1n) is 3.96. The monoisotopic (exact) mass is 284 g/mol. The summed E-state index contributed by atoms with van der Waals surface area (Å²) in [5, 5.41) is 8.87. The van der Waals surface area contributed by atoms with E-state index in [1.54, 1.807) is 12.1 Å². The van der Waals surface area contributed by atoms with Gasteiger partial charge >= 0.3 is 5.97 Å². The molecular formula is C9H7Cl3O2S. The van der Waals surface area contributed by atoms with E-state index in [2.05, 4.69) is 12.6 Å². The van der Waals surface area contributed by atoms with Crippen molar-refractivity contribution >= 4 is 53.4 Å². The number of carboxylic acid groups (broad SMARTS) is 1. The summed E-state index contributed by atoms with van der Waals surface area (Å²) in [6.45, 7) is 0. The minimum Gasteiger partial charge on any atom is -0.480 e. The number of hydrogen-bond acceptors (Lipinski definition) is 2. The largest absolute Gasteiger partial charge is 0.480 e. The smallest absolute Gasteiger partial charge is 0.316 e. The molecule has 1 aromatic rings. The number of carbonyl (C=O) groups is 1. The third kappa shape index (κ3) is 3.18. The Kier molecular flexibility index (Phi) is 4.59. The highest BCUT2D eigenvalue weighted by Crippen LogP contribution is 2.32. The first-order chi connectivity index (χ1) is 6.93. The predicted molar refractivity (Wildman–Crippen MR) is 65.6 cm³/mol. The molecule has 0 radical (unpaired) electrons. The molecule has 1 N–H and O–H groups in total. The summed E-state index contributed by atoms with van der Waals surface area (Å²) in [5.41, 5.74) is 0.508. The SMILES string of the molecule is O=C(O)C(S)Cc1c(Cl)ccc(Cl)c1Cl. The number of halogens is 3. The summed E-state index contributed by atoms with van der Waals surface area (Å²) in [7, 11) is 0. The molecule has 1 aromatic carbocycles. The molecule has 2 nitrogen and oxygen atoms in total. The van der Waals surface area contributed by atoms with Gasteiger partial charge in [0.2, 0.25) is 0 Å². The van der Waals surface area contributed by atoms with Crippen LogP contribution >= 0.6 is 47.4 Å². The minimum atomic E-state index is -1.02. The minimum absolute atomic E-state index is 0.136. The average molecular weight is 286 g/mol. The molecule has 6 heteroatoms. The van der Waals surface area contributed by atoms with E-state index in [0.717, 1.165) is 0 Å². The van der Waals surface area contributed by atoms with Crippen LogP contribution in [0.15, 0.2) is 12.1 Å². The second-order valence-corrected chi connectivity index (χ2v) is 4.70. The lowest BCUT2D eigenvalue weighted by Crippen LogP contribution is -2.16. The molecule has 0 fully saturated rings. The van der Waals surface area contributed by atoms with Crippen LogP contribution in [0.1, 0.15) is 5.56 Å². The Morgan fingerprint density at radius 1 is 1.33 bits per heavy atom. The van der Waals surface area contributed by atoms with Crippen molar-refractivity contribution in [2.45, 2.75) is 11.7 Å². The van der Waals surface area contributed by atoms with Crippen molar-refractivity contribution in [1.29, 1.82) is 0 Å². The molecule has 0 aromatic heterocycles. The summed E-state index contributed by atoms with van der Waals surface area (Å²) in [4.78, 5) is 10.6. The van der Waals surface area contributed by atoms with Crippen LogP contribution in [0.3, 0.4) is 0 Å². The zero-order valence-electron chi connectivity index (χ0n) is 7.38. The molecule has 0 saturated heterocycles. The number of rotatable bonds is 3. The van der Waals surface area contributed by atoms with E-state index in [0.29, 0.717) is 15.6 Å². The van der Waals surface area contributed by atoms with Gasteiger partial charge in [-0.2, -0.15) is 12.6 Å². The van der Waals surface area contributed by atoms with Crippen molar-refractivity contribution < 1.29 is 9.90 Å². The Bertz CT molecular complexity index is 395. The van der Waals surface area contributed by atoms with Gasteiger partial charge in [-0.15, -0.1) is 0 Å². The van der Waals surface area contributed by atoms with Crippen molar-refractivity contribution in [3.63, 3.8) is 0 Å². The van der Waals surface area contributed by atoms with Crippen LogP contribution in [-0.2, 0) is 11.2 Å². The maximum atomic E-state index is 10.6. The molecule has 0 heterocycles. The van der Waals surface area contributed by atoms with E-state index in [4.69, 9.17) is 39.9 Å². The van der Waals surface area contributed by atoms with Gasteiger partial charge in [0.25, 0.3) is 0 Å². The molecule has 1 rings (SSSR count). The van der Waals surface area contributed by atoms with Crippen molar-refractivity contribution in [3.8, 4) is 0 Å². The van der Waals surface area contributed by atoms with Crippen LogP contribution in [0.25, 0.3) is 0 Å². The lowest BCUT2D eigenvalue weighted by atomic mass is 10.1. The van der Waals surface area contributed by atoms with Gasteiger partial charge in [-0.05, 0) is 24.1 Å². The average Bonchev–Trinajstić information content (AvgIpc) is 2.18. The van der Waals surface area contributed by atoms with Crippen LogP contribution in [0.4, 0.5) is 0 Å². The van der Waals surface area contributed by atoms with E-state index in [1.165, 1.54) is 0 Å². The van der Waals surface area contributed by atoms with Gasteiger partial charge in [-0.25, -0.2) is 0 Å². The van der Waals surface area contributed by atoms with E-state index in [-0.39, 0.29) is 11.4 Å². The first-order valence-corrected chi connectivity index (χ1v) is 5.61. The first kappa shape index (κ1) is 13.0. The van der Waals surface area contributed by atoms with Crippen molar-refractivity contribution in [3.05, 3.63) is 32.8 Å². The molecule has 0 amide bonds. The Balaban J connectivity index is 3.03. The molecule has 0 aliphatic rings. The molecule has 0 spiro atoms. The lowest BCUT2D eigenvalue weighted by Gasteiger charge is -2.10. The molecule has 1 atom stereocenters. The van der Waals surface area contributed by atoms with Crippen LogP contribution in [0.2, 0.25) is 15.1 Å². The second kappa shape index (κ2) is 5.30. The fraction of sp³-hybridized carbons (Fsp3) is 0.222. The molecule has 0 aliphatic carbocycles. The number of carboxylic acids is 1. The van der Waals surface area contributed by atoms with Crippen LogP contribution < -0.4 is 0 Å². The quantitative estimate of drug-likeness (QED) is 0.658. The van der Waals surface area contributed by atoms with Gasteiger partial charge < -0.3 is 5.11 Å². The Hall–Kier alpha value is -0.0900. The van der Waals surface area contributed by atoms with E-state index >= 15 is 0 Å². The highest BCUT2D eigenvalue weighted by Gasteiger charge is 2.18. The summed E-state index contributed by atoms with van der Waals surface area (Å²) >= 11 is 21.5. The summed E-state index contributed by atoms with van der Waals surface area (Å²) < 4.78 is 0. The van der Waals surface area contributed by atoms with Gasteiger partial charge in [0.15, 0.2) is 0 Å². The van der Waals surface area contributed by atoms with Crippen LogP contribution in [-0.4, -0.2) is 16.3 Å². The van der Waals surface area contributed by atoms with Gasteiger partial charge in [-0.3, -0.25) is 4.79 Å². The van der Waals surface area contributed by atoms with Gasteiger partial charge in [-0.1, -0.05) is 34.8 Å². The second-order valence-electron chi connectivity index (χ2n) is 2.88. The molecular weight excluding hydrogens is 279 g/mol. The lowest BCUT2D eigenvalue weighted by molar-refractivity contribution is -0.136. The number of thiol groups is 1. The Labute approximate surface area is 108 Å². The molecule has 0 aliphatic heterocycles. The number of aliphatic carboxylic acids is 1. The third-order valence-electron chi connectivity index (χ3n) is 1.82. The van der Waals surface area contributed by atoms with Crippen LogP contribution in [0.5, 0.6) is 0 Å². The zero-order chi connectivity index (χ0) is 11.6. The summed E-state index contributed by atoms with van der Waals surface area (Å²) in [5.74, 6) is -1.02. The molecule has 0 saturated carbocycles. The van der Waals surface area contributed by atoms with Gasteiger partial charge in [0.05, 0.1) is 10.0 Å². The predicted octanol–water partition coefficient (Wildman–Crippen LogP) is 3.57. The number of hydrogen-bond donors (Lipinski definition) is 2. The van der Waals surface area contributed by atoms with E-state index in [9.17, 15) is 4.79 Å². The Morgan fingerprint density at radius 2 is 1.87 bits per heavy atom. The van der Waals surface area contributed by atoms with E-state index in [1.807, 2.05) is 0 Å². The topological polar surface area (TPSA) is 37.3 Å². The highest BCUT2D eigenvalue weighted by molar-refractivity contribution is 7.81. The third-order valence-corrected chi connectivity index (χ3v) is 3.42. The molecule has 15 heavy (non-hydrogen) atoms. The molecule has 1 unspecified atom stereocenters. The maximum absolute atomic E-state index is 10.6. The number of benzene rings is 1. The highest BCUT2D eigenvalue weighted by atomic mass is 35.5. The Morgan fingerprint density at radius 3 is 2.40 bits per heavy atom. The molecule has 0 bridgehead atoms. The maximum Gasteiger partial charge on any atom is 0.316 e. The normalized spacial score (nSPS) is 12.5. The van der Waals surface area contributed by atoms with Crippen molar-refractivity contribution in [1.82, 2.24) is 0 Å².